The maximum absolute atomic E-state index is 13.3. The maximum Gasteiger partial charge on any atom is 0.289 e. The van der Waals surface area contributed by atoms with E-state index in [4.69, 9.17) is 32.3 Å². The van der Waals surface area contributed by atoms with Gasteiger partial charge in [-0.2, -0.15) is 14.3 Å². The molecule has 4 N–H and O–H groups in total. The number of anilines is 2. The molecule has 3 aliphatic rings. The van der Waals surface area contributed by atoms with Gasteiger partial charge >= 0.3 is 0 Å². The Bertz CT molecular complexity index is 1570. The zero-order valence-electron chi connectivity index (χ0n) is 24.1. The van der Waals surface area contributed by atoms with Crippen molar-refractivity contribution in [3.05, 3.63) is 39.7 Å². The molecule has 1 saturated heterocycles. The van der Waals surface area contributed by atoms with Crippen LogP contribution in [0.5, 0.6) is 0 Å². The van der Waals surface area contributed by atoms with Crippen LogP contribution in [0.3, 0.4) is 0 Å². The summed E-state index contributed by atoms with van der Waals surface area (Å²) >= 11 is 5.89. The molecule has 3 aromatic rings. The Morgan fingerprint density at radius 1 is 0.955 bits per heavy atom. The Morgan fingerprint density at radius 3 is 2.27 bits per heavy atom. The van der Waals surface area contributed by atoms with Crippen LogP contribution in [0.15, 0.2) is 29.4 Å². The summed E-state index contributed by atoms with van der Waals surface area (Å²) in [5.74, 6) is 1.20. The van der Waals surface area contributed by atoms with Crippen molar-refractivity contribution in [2.75, 3.05) is 23.7 Å². The third kappa shape index (κ3) is 7.15. The molecule has 1 aromatic carbocycles. The Labute approximate surface area is 273 Å². The topological polar surface area (TPSA) is 174 Å². The van der Waals surface area contributed by atoms with Crippen LogP contribution in [-0.2, 0) is 10.0 Å². The fraction of sp³-hybridized carbons (Fsp3) is 0.593. The average Bonchev–Trinajstić information content (AvgIpc) is 3.65. The summed E-state index contributed by atoms with van der Waals surface area (Å²) < 4.78 is 30.1. The molecule has 2 aromatic heterocycles. The monoisotopic (exact) mass is 689 g/mol. The summed E-state index contributed by atoms with van der Waals surface area (Å²) in [7, 11) is -3.92. The fourth-order valence-electron chi connectivity index (χ4n) is 6.35. The molecule has 3 fully saturated rings. The Hall–Kier alpha value is -2.49. The molecule has 1 aliphatic heterocycles. The molecule has 0 spiro atoms. The molecule has 2 aliphatic carbocycles. The number of nitro groups is 1. The van der Waals surface area contributed by atoms with Gasteiger partial charge < -0.3 is 20.9 Å². The molecule has 6 rings (SSSR count). The number of nitrogens with zero attached hydrogens (tertiary/aromatic N) is 6. The van der Waals surface area contributed by atoms with Crippen LogP contribution in [0.1, 0.15) is 70.3 Å². The maximum atomic E-state index is 13.3. The van der Waals surface area contributed by atoms with E-state index in [-0.39, 0.29) is 65.9 Å². The van der Waals surface area contributed by atoms with E-state index in [1.807, 2.05) is 6.33 Å². The van der Waals surface area contributed by atoms with Gasteiger partial charge in [-0.25, -0.2) is 13.4 Å². The van der Waals surface area contributed by atoms with Crippen molar-refractivity contribution in [2.45, 2.75) is 93.3 Å². The number of hydrogen-bond acceptors (Lipinski definition) is 10. The molecular formula is C27H38Cl3N9O4S. The summed E-state index contributed by atoms with van der Waals surface area (Å²) in [4.78, 5) is 24.9. The number of fused-ring (bicyclic) bond motifs is 1. The number of imidazole rings is 1. The van der Waals surface area contributed by atoms with Crippen molar-refractivity contribution in [1.82, 2.24) is 23.8 Å². The summed E-state index contributed by atoms with van der Waals surface area (Å²) in [5, 5.41) is 18.3. The molecule has 0 unspecified atom stereocenters. The third-order valence-electron chi connectivity index (χ3n) is 8.79. The van der Waals surface area contributed by atoms with Gasteiger partial charge in [0, 0.05) is 43.3 Å². The number of nitrogens with two attached hydrogens (primary N) is 1. The van der Waals surface area contributed by atoms with Gasteiger partial charge in [-0.3, -0.25) is 10.1 Å². The number of hydrogen-bond donors (Lipinski definition) is 3. The standard InChI is InChI=1S/C27H36ClN9O4S.2ClH/c28-22-10-9-21(15-23(22)37(38)39)42(40,41)35-13-11-19(12-14-35)31-25-24-26(36(16-30-24)20-3-1-2-4-20)34-27(33-25)32-18-7-5-17(29)6-8-18;;/h9-10,15-20H,1-8,11-14,29H2,(H2,31,32,33,34);2*1H/t17-,18-;;. The van der Waals surface area contributed by atoms with Crippen molar-refractivity contribution in [2.24, 2.45) is 5.73 Å². The number of benzene rings is 1. The molecule has 2 saturated carbocycles. The van der Waals surface area contributed by atoms with Crippen molar-refractivity contribution in [1.29, 1.82) is 0 Å². The molecule has 17 heteroatoms. The number of piperidine rings is 1. The lowest BCUT2D eigenvalue weighted by Gasteiger charge is -2.32. The van der Waals surface area contributed by atoms with Gasteiger partial charge in [0.2, 0.25) is 16.0 Å². The fourth-order valence-corrected chi connectivity index (χ4v) is 8.03. The highest BCUT2D eigenvalue weighted by atomic mass is 35.5. The number of rotatable bonds is 8. The van der Waals surface area contributed by atoms with Crippen LogP contribution in [-0.4, -0.2) is 68.4 Å². The van der Waals surface area contributed by atoms with E-state index < -0.39 is 20.6 Å². The summed E-state index contributed by atoms with van der Waals surface area (Å²) in [6, 6.07) is 4.42. The predicted octanol–water partition coefficient (Wildman–Crippen LogP) is 5.29. The first-order chi connectivity index (χ1) is 20.2. The molecular weight excluding hydrogens is 653 g/mol. The lowest BCUT2D eigenvalue weighted by Crippen LogP contribution is -2.42. The first-order valence-corrected chi connectivity index (χ1v) is 16.5. The molecule has 13 nitrogen and oxygen atoms in total. The van der Waals surface area contributed by atoms with E-state index in [2.05, 4.69) is 15.2 Å². The van der Waals surface area contributed by atoms with Crippen LogP contribution in [0, 0.1) is 10.1 Å². The SMILES string of the molecule is Cl.Cl.N[C@H]1CC[C@H](Nc2nc(NC3CCN(S(=O)(=O)c4ccc(Cl)c([N+](=O)[O-])c4)CC3)c3ncn(C4CCCC4)c3n2)CC1. The molecule has 0 amide bonds. The van der Waals surface area contributed by atoms with Crippen molar-refractivity contribution >= 4 is 75.1 Å². The van der Waals surface area contributed by atoms with Crippen molar-refractivity contribution in [3.8, 4) is 0 Å². The quantitative estimate of drug-likeness (QED) is 0.208. The van der Waals surface area contributed by atoms with Crippen LogP contribution in [0.25, 0.3) is 11.2 Å². The second-order valence-corrected chi connectivity index (χ2v) is 14.0. The summed E-state index contributed by atoms with van der Waals surface area (Å²) in [5.41, 5.74) is 7.19. The van der Waals surface area contributed by atoms with E-state index in [9.17, 15) is 18.5 Å². The average molecular weight is 691 g/mol. The van der Waals surface area contributed by atoms with Crippen LogP contribution >= 0.6 is 36.4 Å². The number of nitro benzene ring substituents is 1. The van der Waals surface area contributed by atoms with E-state index >= 15 is 0 Å². The molecule has 0 atom stereocenters. The van der Waals surface area contributed by atoms with E-state index in [1.54, 1.807) is 0 Å². The number of aromatic nitrogens is 4. The van der Waals surface area contributed by atoms with E-state index in [1.165, 1.54) is 29.3 Å². The third-order valence-corrected chi connectivity index (χ3v) is 11.0. The zero-order valence-corrected chi connectivity index (χ0v) is 27.3. The van der Waals surface area contributed by atoms with Gasteiger partial charge in [0.15, 0.2) is 17.0 Å². The number of sulfonamides is 1. The lowest BCUT2D eigenvalue weighted by molar-refractivity contribution is -0.384. The zero-order chi connectivity index (χ0) is 29.4. The van der Waals surface area contributed by atoms with Crippen molar-refractivity contribution < 1.29 is 13.3 Å². The summed E-state index contributed by atoms with van der Waals surface area (Å²) in [6.45, 7) is 0.517. The van der Waals surface area contributed by atoms with Crippen LogP contribution in [0.2, 0.25) is 5.02 Å². The highest BCUT2D eigenvalue weighted by Crippen LogP contribution is 2.34. The molecule has 0 bridgehead atoms. The van der Waals surface area contributed by atoms with Gasteiger partial charge in [0.1, 0.15) is 5.02 Å². The largest absolute Gasteiger partial charge is 0.365 e. The lowest BCUT2D eigenvalue weighted by atomic mass is 9.92. The molecule has 0 radical (unpaired) electrons. The molecule has 242 valence electrons. The van der Waals surface area contributed by atoms with Crippen LogP contribution in [0.4, 0.5) is 17.5 Å². The Morgan fingerprint density at radius 2 is 1.61 bits per heavy atom. The van der Waals surface area contributed by atoms with E-state index in [0.717, 1.165) is 50.2 Å². The summed E-state index contributed by atoms with van der Waals surface area (Å²) in [6.07, 6.45) is 11.4. The second kappa shape index (κ2) is 14.3. The number of halogens is 3. The van der Waals surface area contributed by atoms with Gasteiger partial charge in [0.25, 0.3) is 5.69 Å². The molecule has 44 heavy (non-hydrogen) atoms. The molecule has 3 heterocycles. The predicted molar refractivity (Wildman–Crippen MR) is 175 cm³/mol. The van der Waals surface area contributed by atoms with Crippen LogP contribution < -0.4 is 16.4 Å². The minimum Gasteiger partial charge on any atom is -0.365 e. The van der Waals surface area contributed by atoms with Crippen molar-refractivity contribution in [3.63, 3.8) is 0 Å². The van der Waals surface area contributed by atoms with Gasteiger partial charge in [-0.05, 0) is 63.5 Å². The highest BCUT2D eigenvalue weighted by Gasteiger charge is 2.32. The van der Waals surface area contributed by atoms with Gasteiger partial charge in [0.05, 0.1) is 16.1 Å². The van der Waals surface area contributed by atoms with Gasteiger partial charge in [-0.15, -0.1) is 24.8 Å². The highest BCUT2D eigenvalue weighted by molar-refractivity contribution is 7.89. The Balaban J connectivity index is 0.00000221. The van der Waals surface area contributed by atoms with E-state index in [0.29, 0.717) is 36.2 Å². The smallest absolute Gasteiger partial charge is 0.289 e. The van der Waals surface area contributed by atoms with Gasteiger partial charge in [-0.1, -0.05) is 24.4 Å². The second-order valence-electron chi connectivity index (χ2n) is 11.6. The minimum atomic E-state index is -3.92. The first-order valence-electron chi connectivity index (χ1n) is 14.7. The number of nitrogens with one attached hydrogen (secondary N) is 2. The Kier molecular flexibility index (Phi) is 11.2. The first kappa shape index (κ1) is 34.4. The minimum absolute atomic E-state index is 0. The normalized spacial score (nSPS) is 21.9.